The van der Waals surface area contributed by atoms with Crippen molar-refractivity contribution >= 4 is 22.6 Å². The van der Waals surface area contributed by atoms with Crippen LogP contribution in [-0.2, 0) is 11.3 Å². The van der Waals surface area contributed by atoms with Crippen molar-refractivity contribution in [1.82, 2.24) is 14.5 Å². The number of rotatable bonds is 6. The first kappa shape index (κ1) is 18.7. The lowest BCUT2D eigenvalue weighted by Crippen LogP contribution is -2.22. The van der Waals surface area contributed by atoms with E-state index in [1.165, 1.54) is 12.1 Å². The first-order valence-corrected chi connectivity index (χ1v) is 9.03. The summed E-state index contributed by atoms with van der Waals surface area (Å²) in [6, 6.07) is 8.30. The van der Waals surface area contributed by atoms with Crippen LogP contribution in [0.25, 0.3) is 11.0 Å². The molecule has 0 spiro atoms. The molecule has 3 aromatic rings. The number of nitrogens with zero attached hydrogens (tertiary/aromatic N) is 2. The molecule has 0 radical (unpaired) electrons. The van der Waals surface area contributed by atoms with Crippen molar-refractivity contribution < 1.29 is 9.90 Å². The second-order valence-electron chi connectivity index (χ2n) is 7.01. The van der Waals surface area contributed by atoms with Gasteiger partial charge in [-0.1, -0.05) is 13.8 Å². The van der Waals surface area contributed by atoms with Crippen molar-refractivity contribution in [3.63, 3.8) is 0 Å². The lowest BCUT2D eigenvalue weighted by atomic mass is 10.2. The Bertz CT molecular complexity index is 1030. The SMILES string of the molecule is Cc1cc(O)cc(=O)n1CCCC(=O)Nc1ccc2nc(C(C)C)[nH]c2c1. The van der Waals surface area contributed by atoms with Crippen LogP contribution in [-0.4, -0.2) is 25.5 Å². The highest BCUT2D eigenvalue weighted by Gasteiger charge is 2.09. The summed E-state index contributed by atoms with van der Waals surface area (Å²) in [6.45, 7) is 6.32. The molecule has 2 heterocycles. The summed E-state index contributed by atoms with van der Waals surface area (Å²) in [4.78, 5) is 31.9. The van der Waals surface area contributed by atoms with Gasteiger partial charge in [0.2, 0.25) is 5.91 Å². The monoisotopic (exact) mass is 368 g/mol. The van der Waals surface area contributed by atoms with Crippen molar-refractivity contribution in [2.75, 3.05) is 5.32 Å². The number of pyridine rings is 1. The molecule has 1 aromatic carbocycles. The number of aromatic hydroxyl groups is 1. The smallest absolute Gasteiger partial charge is 0.254 e. The van der Waals surface area contributed by atoms with Crippen LogP contribution in [0.3, 0.4) is 0 Å². The van der Waals surface area contributed by atoms with Crippen LogP contribution in [0, 0.1) is 6.92 Å². The third-order valence-electron chi connectivity index (χ3n) is 4.44. The number of hydrogen-bond donors (Lipinski definition) is 3. The van der Waals surface area contributed by atoms with Crippen molar-refractivity contribution in [2.24, 2.45) is 0 Å². The van der Waals surface area contributed by atoms with Gasteiger partial charge in [-0.2, -0.15) is 0 Å². The Morgan fingerprint density at radius 2 is 2.07 bits per heavy atom. The Morgan fingerprint density at radius 3 is 2.78 bits per heavy atom. The minimum atomic E-state index is -0.265. The lowest BCUT2D eigenvalue weighted by Gasteiger charge is -2.10. The van der Waals surface area contributed by atoms with E-state index in [0.717, 1.165) is 16.9 Å². The summed E-state index contributed by atoms with van der Waals surface area (Å²) in [5, 5.41) is 12.3. The second-order valence-corrected chi connectivity index (χ2v) is 7.01. The Kier molecular flexibility index (Phi) is 5.30. The molecule has 1 amide bonds. The van der Waals surface area contributed by atoms with Crippen LogP contribution in [0.5, 0.6) is 5.75 Å². The molecule has 0 saturated carbocycles. The van der Waals surface area contributed by atoms with E-state index >= 15 is 0 Å². The topological polar surface area (TPSA) is 100 Å². The van der Waals surface area contributed by atoms with Crippen molar-refractivity contribution in [2.45, 2.75) is 46.1 Å². The molecule has 0 unspecified atom stereocenters. The number of nitrogens with one attached hydrogen (secondary N) is 2. The third kappa shape index (κ3) is 4.36. The van der Waals surface area contributed by atoms with Crippen LogP contribution in [0.1, 0.15) is 44.1 Å². The number of aryl methyl sites for hydroxylation is 1. The van der Waals surface area contributed by atoms with Crippen LogP contribution >= 0.6 is 0 Å². The Morgan fingerprint density at radius 1 is 1.30 bits per heavy atom. The summed E-state index contributed by atoms with van der Waals surface area (Å²) in [5.74, 6) is 1.08. The molecule has 0 aliphatic carbocycles. The van der Waals surface area contributed by atoms with Crippen molar-refractivity contribution in [1.29, 1.82) is 0 Å². The first-order chi connectivity index (χ1) is 12.8. The summed E-state index contributed by atoms with van der Waals surface area (Å²) >= 11 is 0. The summed E-state index contributed by atoms with van der Waals surface area (Å²) in [7, 11) is 0. The zero-order chi connectivity index (χ0) is 19.6. The zero-order valence-corrected chi connectivity index (χ0v) is 15.7. The van der Waals surface area contributed by atoms with Gasteiger partial charge in [0.1, 0.15) is 11.6 Å². The molecule has 3 rings (SSSR count). The van der Waals surface area contributed by atoms with E-state index < -0.39 is 0 Å². The molecular formula is C20H24N4O3. The summed E-state index contributed by atoms with van der Waals surface area (Å²) in [6.07, 6.45) is 0.826. The fraction of sp³-hybridized carbons (Fsp3) is 0.350. The predicted molar refractivity (Wildman–Crippen MR) is 105 cm³/mol. The number of hydrogen-bond acceptors (Lipinski definition) is 4. The van der Waals surface area contributed by atoms with Crippen LogP contribution < -0.4 is 10.9 Å². The molecule has 142 valence electrons. The molecule has 3 N–H and O–H groups in total. The number of benzene rings is 1. The molecule has 0 bridgehead atoms. The quantitative estimate of drug-likeness (QED) is 0.621. The minimum absolute atomic E-state index is 0.0404. The van der Waals surface area contributed by atoms with E-state index in [4.69, 9.17) is 0 Å². The average Bonchev–Trinajstić information content (AvgIpc) is 3.01. The fourth-order valence-electron chi connectivity index (χ4n) is 3.00. The maximum absolute atomic E-state index is 12.2. The number of carbonyl (C=O) groups is 1. The van der Waals surface area contributed by atoms with Gasteiger partial charge in [-0.05, 0) is 37.6 Å². The van der Waals surface area contributed by atoms with E-state index in [-0.39, 0.29) is 17.2 Å². The van der Waals surface area contributed by atoms with Gasteiger partial charge in [0.15, 0.2) is 0 Å². The molecule has 0 aliphatic heterocycles. The Balaban J connectivity index is 1.59. The van der Waals surface area contributed by atoms with E-state index in [9.17, 15) is 14.7 Å². The standard InChI is InChI=1S/C20H24N4O3/c1-12(2)20-22-16-7-6-14(10-17(16)23-20)21-18(26)5-4-8-24-13(3)9-15(25)11-19(24)27/h6-7,9-12,25H,4-5,8H2,1-3H3,(H,21,26)(H,22,23). The minimum Gasteiger partial charge on any atom is -0.508 e. The van der Waals surface area contributed by atoms with Crippen LogP contribution in [0.15, 0.2) is 35.1 Å². The number of H-pyrrole nitrogens is 1. The van der Waals surface area contributed by atoms with Gasteiger partial charge in [0, 0.05) is 36.3 Å². The molecule has 0 saturated heterocycles. The number of aromatic amines is 1. The Labute approximate surface area is 157 Å². The number of amides is 1. The molecule has 7 heteroatoms. The van der Waals surface area contributed by atoms with E-state index in [2.05, 4.69) is 29.1 Å². The van der Waals surface area contributed by atoms with Gasteiger partial charge in [-0.15, -0.1) is 0 Å². The van der Waals surface area contributed by atoms with Gasteiger partial charge in [0.05, 0.1) is 11.0 Å². The van der Waals surface area contributed by atoms with Crippen LogP contribution in [0.2, 0.25) is 0 Å². The average molecular weight is 368 g/mol. The van der Waals surface area contributed by atoms with E-state index in [1.54, 1.807) is 11.5 Å². The van der Waals surface area contributed by atoms with E-state index in [1.807, 2.05) is 18.2 Å². The Hall–Kier alpha value is -3.09. The largest absolute Gasteiger partial charge is 0.508 e. The molecule has 7 nitrogen and oxygen atoms in total. The van der Waals surface area contributed by atoms with Gasteiger partial charge in [-0.25, -0.2) is 4.98 Å². The van der Waals surface area contributed by atoms with Crippen molar-refractivity contribution in [3.05, 3.63) is 52.2 Å². The summed E-state index contributed by atoms with van der Waals surface area (Å²) in [5.41, 5.74) is 2.88. The normalized spacial score (nSPS) is 11.3. The van der Waals surface area contributed by atoms with Gasteiger partial charge in [0.25, 0.3) is 5.56 Å². The maximum Gasteiger partial charge on any atom is 0.254 e. The highest BCUT2D eigenvalue weighted by molar-refractivity contribution is 5.93. The highest BCUT2D eigenvalue weighted by Crippen LogP contribution is 2.20. The molecule has 0 fully saturated rings. The molecule has 0 aliphatic rings. The lowest BCUT2D eigenvalue weighted by molar-refractivity contribution is -0.116. The molecule has 27 heavy (non-hydrogen) atoms. The number of carbonyl (C=O) groups excluding carboxylic acids is 1. The highest BCUT2D eigenvalue weighted by atomic mass is 16.3. The second kappa shape index (κ2) is 7.65. The maximum atomic E-state index is 12.2. The fourth-order valence-corrected chi connectivity index (χ4v) is 3.00. The van der Waals surface area contributed by atoms with E-state index in [0.29, 0.717) is 36.7 Å². The van der Waals surface area contributed by atoms with Gasteiger partial charge in [-0.3, -0.25) is 9.59 Å². The van der Waals surface area contributed by atoms with Crippen molar-refractivity contribution in [3.8, 4) is 5.75 Å². The molecule has 2 aromatic heterocycles. The summed E-state index contributed by atoms with van der Waals surface area (Å²) < 4.78 is 1.55. The zero-order valence-electron chi connectivity index (χ0n) is 15.7. The number of aromatic nitrogens is 3. The number of imidazole rings is 1. The van der Waals surface area contributed by atoms with Gasteiger partial charge >= 0.3 is 0 Å². The molecule has 0 atom stereocenters. The number of anilines is 1. The van der Waals surface area contributed by atoms with Crippen LogP contribution in [0.4, 0.5) is 5.69 Å². The first-order valence-electron chi connectivity index (χ1n) is 9.03. The van der Waals surface area contributed by atoms with Gasteiger partial charge < -0.3 is 20.0 Å². The molecular weight excluding hydrogens is 344 g/mol. The predicted octanol–water partition coefficient (Wildman–Crippen LogP) is 3.28. The number of fused-ring (bicyclic) bond motifs is 1. The third-order valence-corrected chi connectivity index (χ3v) is 4.44.